The van der Waals surface area contributed by atoms with Crippen LogP contribution in [0, 0.1) is 0 Å². The number of unbranched alkanes of at least 4 members (excludes halogenated alkanes) is 2. The normalized spacial score (nSPS) is 12.6. The van der Waals surface area contributed by atoms with E-state index in [1.54, 1.807) is 6.92 Å². The molecule has 0 aliphatic rings. The van der Waals surface area contributed by atoms with Crippen LogP contribution in [0.25, 0.3) is 10.2 Å². The lowest BCUT2D eigenvalue weighted by Crippen LogP contribution is -2.24. The third-order valence-corrected chi connectivity index (χ3v) is 6.77. The van der Waals surface area contributed by atoms with E-state index in [9.17, 15) is 9.90 Å². The van der Waals surface area contributed by atoms with E-state index in [-0.39, 0.29) is 28.4 Å². The minimum Gasteiger partial charge on any atom is -0.505 e. The molecule has 3 aromatic rings. The molecule has 0 radical (unpaired) electrons. The summed E-state index contributed by atoms with van der Waals surface area (Å²) in [7, 11) is 0. The van der Waals surface area contributed by atoms with Gasteiger partial charge in [-0.1, -0.05) is 74.4 Å². The highest BCUT2D eigenvalue weighted by molar-refractivity contribution is 7.16. The van der Waals surface area contributed by atoms with E-state index in [1.807, 2.05) is 18.2 Å². The van der Waals surface area contributed by atoms with Crippen LogP contribution < -0.4 is 10.6 Å². The van der Waals surface area contributed by atoms with Gasteiger partial charge >= 0.3 is 4.87 Å². The van der Waals surface area contributed by atoms with Crippen LogP contribution in [0.4, 0.5) is 0 Å². The Morgan fingerprint density at radius 1 is 1.09 bits per heavy atom. The summed E-state index contributed by atoms with van der Waals surface area (Å²) in [5.74, 6) is 0.183. The second-order valence-electron chi connectivity index (χ2n) is 8.83. The van der Waals surface area contributed by atoms with Crippen molar-refractivity contribution < 1.29 is 9.84 Å². The topological polar surface area (TPSA) is 77.5 Å². The standard InChI is InChI=1S/C25H34N2O3S.ClH/c1-18(26)27-22-21(31-24(27)29)13-12-20(23(22)28)25(2,3)15-8-5-9-16-30-17-14-19-10-6-4-7-11-19;/h4,6-7,10-13,18,28H,5,8-9,14-17,26H2,1-3H3;1H. The van der Waals surface area contributed by atoms with Gasteiger partial charge in [0.1, 0.15) is 11.3 Å². The van der Waals surface area contributed by atoms with Gasteiger partial charge in [-0.25, -0.2) is 0 Å². The monoisotopic (exact) mass is 478 g/mol. The summed E-state index contributed by atoms with van der Waals surface area (Å²) in [6, 6.07) is 14.3. The van der Waals surface area contributed by atoms with Crippen molar-refractivity contribution in [3.8, 4) is 5.75 Å². The maximum atomic E-state index is 12.3. The largest absolute Gasteiger partial charge is 0.505 e. The molecule has 3 rings (SSSR count). The summed E-state index contributed by atoms with van der Waals surface area (Å²) in [5.41, 5.74) is 8.51. The number of phenolic OH excluding ortho intramolecular Hbond substituents is 1. The quantitative estimate of drug-likeness (QED) is 0.343. The van der Waals surface area contributed by atoms with Gasteiger partial charge in [0.15, 0.2) is 0 Å². The van der Waals surface area contributed by atoms with Crippen LogP contribution >= 0.6 is 23.7 Å². The number of hydrogen-bond donors (Lipinski definition) is 2. The van der Waals surface area contributed by atoms with Crippen LogP contribution in [0.3, 0.4) is 0 Å². The molecule has 1 atom stereocenters. The number of hydrogen-bond acceptors (Lipinski definition) is 5. The van der Waals surface area contributed by atoms with Gasteiger partial charge in [0.25, 0.3) is 0 Å². The highest BCUT2D eigenvalue weighted by Gasteiger charge is 2.27. The van der Waals surface area contributed by atoms with Crippen LogP contribution in [0.2, 0.25) is 0 Å². The smallest absolute Gasteiger partial charge is 0.309 e. The Balaban J connectivity index is 0.00000363. The fraction of sp³-hybridized carbons (Fsp3) is 0.480. The molecule has 1 aromatic heterocycles. The molecule has 0 saturated carbocycles. The third-order valence-electron chi connectivity index (χ3n) is 5.85. The number of ether oxygens (including phenoxy) is 1. The molecule has 0 fully saturated rings. The summed E-state index contributed by atoms with van der Waals surface area (Å²) in [5, 5.41) is 11.0. The zero-order chi connectivity index (χ0) is 22.4. The van der Waals surface area contributed by atoms with Crippen LogP contribution in [0.5, 0.6) is 5.75 Å². The second kappa shape index (κ2) is 11.8. The first kappa shape index (κ1) is 26.4. The van der Waals surface area contributed by atoms with E-state index < -0.39 is 6.17 Å². The summed E-state index contributed by atoms with van der Waals surface area (Å²) >= 11 is 1.12. The van der Waals surface area contributed by atoms with Crippen molar-refractivity contribution in [3.63, 3.8) is 0 Å². The van der Waals surface area contributed by atoms with Crippen molar-refractivity contribution in [2.45, 2.75) is 64.5 Å². The molecule has 5 nitrogen and oxygen atoms in total. The zero-order valence-electron chi connectivity index (χ0n) is 19.2. The number of aromatic nitrogens is 1. The summed E-state index contributed by atoms with van der Waals surface area (Å²) in [6.45, 7) is 7.58. The fourth-order valence-electron chi connectivity index (χ4n) is 4.05. The molecule has 0 aliphatic heterocycles. The Morgan fingerprint density at radius 2 is 1.81 bits per heavy atom. The van der Waals surface area contributed by atoms with Gasteiger partial charge in [0.05, 0.1) is 17.5 Å². The maximum Gasteiger partial charge on any atom is 0.309 e. The lowest BCUT2D eigenvalue weighted by Gasteiger charge is -2.27. The number of rotatable bonds is 11. The molecule has 1 unspecified atom stereocenters. The lowest BCUT2D eigenvalue weighted by atomic mass is 9.79. The van der Waals surface area contributed by atoms with Crippen molar-refractivity contribution in [2.75, 3.05) is 13.2 Å². The Bertz CT molecular complexity index is 1040. The molecule has 0 spiro atoms. The lowest BCUT2D eigenvalue weighted by molar-refractivity contribution is 0.132. The van der Waals surface area contributed by atoms with Crippen LogP contribution in [-0.4, -0.2) is 22.9 Å². The number of halogens is 1. The van der Waals surface area contributed by atoms with Crippen molar-refractivity contribution >= 4 is 34.0 Å². The third kappa shape index (κ3) is 6.35. The summed E-state index contributed by atoms with van der Waals surface area (Å²) in [6.07, 6.45) is 4.59. The SMILES string of the molecule is CC(N)n1c(=O)sc2ccc(C(C)(C)CCCCCOCCc3ccccc3)c(O)c21.Cl. The molecular formula is C25H35ClN2O3S. The number of thiazole rings is 1. The number of nitrogens with zero attached hydrogens (tertiary/aromatic N) is 1. The Kier molecular flexibility index (Phi) is 9.77. The number of phenols is 1. The molecular weight excluding hydrogens is 444 g/mol. The number of nitrogens with two attached hydrogens (primary N) is 1. The molecule has 0 bridgehead atoms. The minimum absolute atomic E-state index is 0. The van der Waals surface area contributed by atoms with Crippen molar-refractivity contribution in [2.24, 2.45) is 5.73 Å². The number of fused-ring (bicyclic) bond motifs is 1. The molecule has 32 heavy (non-hydrogen) atoms. The zero-order valence-corrected chi connectivity index (χ0v) is 20.8. The predicted molar refractivity (Wildman–Crippen MR) is 136 cm³/mol. The molecule has 1 heterocycles. The van der Waals surface area contributed by atoms with E-state index in [1.165, 1.54) is 10.1 Å². The van der Waals surface area contributed by atoms with E-state index >= 15 is 0 Å². The fourth-order valence-corrected chi connectivity index (χ4v) is 5.02. The average Bonchev–Trinajstić information content (AvgIpc) is 3.08. The van der Waals surface area contributed by atoms with Gasteiger partial charge in [-0.3, -0.25) is 9.36 Å². The molecule has 0 amide bonds. The predicted octanol–water partition coefficient (Wildman–Crippen LogP) is 5.76. The summed E-state index contributed by atoms with van der Waals surface area (Å²) in [4.78, 5) is 12.1. The van der Waals surface area contributed by atoms with Crippen molar-refractivity contribution in [1.29, 1.82) is 0 Å². The Labute approximate surface area is 200 Å². The molecule has 0 saturated heterocycles. The van der Waals surface area contributed by atoms with Gasteiger partial charge < -0.3 is 15.6 Å². The van der Waals surface area contributed by atoms with Gasteiger partial charge in [0.2, 0.25) is 0 Å². The average molecular weight is 479 g/mol. The molecule has 2 aromatic carbocycles. The Morgan fingerprint density at radius 3 is 2.50 bits per heavy atom. The maximum absolute atomic E-state index is 12.3. The van der Waals surface area contributed by atoms with Gasteiger partial charge in [0, 0.05) is 12.2 Å². The molecule has 3 N–H and O–H groups in total. The van der Waals surface area contributed by atoms with Crippen LogP contribution in [0.15, 0.2) is 47.3 Å². The first-order chi connectivity index (χ1) is 14.8. The van der Waals surface area contributed by atoms with Gasteiger partial charge in [-0.15, -0.1) is 12.4 Å². The molecule has 7 heteroatoms. The molecule has 176 valence electrons. The van der Waals surface area contributed by atoms with Crippen LogP contribution in [-0.2, 0) is 16.6 Å². The van der Waals surface area contributed by atoms with Gasteiger partial charge in [-0.05, 0) is 43.2 Å². The first-order valence-electron chi connectivity index (χ1n) is 11.1. The Hall–Kier alpha value is -1.86. The highest BCUT2D eigenvalue weighted by atomic mass is 35.5. The van der Waals surface area contributed by atoms with E-state index in [2.05, 4.69) is 38.1 Å². The minimum atomic E-state index is -0.479. The van der Waals surface area contributed by atoms with Crippen LogP contribution in [0.1, 0.15) is 63.7 Å². The van der Waals surface area contributed by atoms with E-state index in [0.29, 0.717) is 5.52 Å². The number of aromatic hydroxyl groups is 1. The van der Waals surface area contributed by atoms with E-state index in [4.69, 9.17) is 10.5 Å². The summed E-state index contributed by atoms with van der Waals surface area (Å²) < 4.78 is 8.03. The molecule has 0 aliphatic carbocycles. The van der Waals surface area contributed by atoms with E-state index in [0.717, 1.165) is 66.9 Å². The first-order valence-corrected chi connectivity index (χ1v) is 11.9. The van der Waals surface area contributed by atoms with Gasteiger partial charge in [-0.2, -0.15) is 0 Å². The highest BCUT2D eigenvalue weighted by Crippen LogP contribution is 2.40. The second-order valence-corrected chi connectivity index (χ2v) is 9.82. The van der Waals surface area contributed by atoms with Crippen molar-refractivity contribution in [1.82, 2.24) is 4.57 Å². The van der Waals surface area contributed by atoms with Crippen molar-refractivity contribution in [3.05, 3.63) is 63.3 Å². The number of benzene rings is 2.